The normalized spacial score (nSPS) is 26.9. The first-order valence-corrected chi connectivity index (χ1v) is 30.2. The Morgan fingerprint density at radius 1 is 0.264 bits per heavy atom. The summed E-state index contributed by atoms with van der Waals surface area (Å²) in [5, 5.41) is 0. The molecule has 0 aliphatic carbocycles. The van der Waals surface area contributed by atoms with Gasteiger partial charge in [-0.1, -0.05) is 243 Å². The summed E-state index contributed by atoms with van der Waals surface area (Å²) in [4.78, 5) is 0. The van der Waals surface area contributed by atoms with Gasteiger partial charge in [0, 0.05) is 0 Å². The van der Waals surface area contributed by atoms with Crippen LogP contribution in [0.5, 0.6) is 0 Å². The summed E-state index contributed by atoms with van der Waals surface area (Å²) in [6.07, 6.45) is -11.5. The number of benzene rings is 8. The first kappa shape index (κ1) is 60.5. The van der Waals surface area contributed by atoms with Crippen molar-refractivity contribution < 1.29 is 66.3 Å². The lowest BCUT2D eigenvalue weighted by Gasteiger charge is -2.50. The molecular weight excluding hydrogens is 1100 g/mol. The molecule has 87 heavy (non-hydrogen) atoms. The van der Waals surface area contributed by atoms with Crippen molar-refractivity contribution >= 4 is 0 Å². The van der Waals surface area contributed by atoms with Crippen LogP contribution in [0.15, 0.2) is 243 Å². The number of hydrogen-bond acceptors (Lipinski definition) is 14. The summed E-state index contributed by atoms with van der Waals surface area (Å²) in [5.74, 6) is 0. The maximum Gasteiger partial charge on any atom is 0.187 e. The molecule has 4 fully saturated rings. The lowest BCUT2D eigenvalue weighted by Crippen LogP contribution is -2.67. The van der Waals surface area contributed by atoms with E-state index in [0.717, 1.165) is 44.5 Å². The Morgan fingerprint density at radius 3 is 0.897 bits per heavy atom. The number of hydrogen-bond donors (Lipinski definition) is 0. The summed E-state index contributed by atoms with van der Waals surface area (Å²) < 4.78 is 98.3. The van der Waals surface area contributed by atoms with Crippen molar-refractivity contribution in [3.63, 3.8) is 0 Å². The van der Waals surface area contributed by atoms with Crippen molar-refractivity contribution in [3.8, 4) is 0 Å². The van der Waals surface area contributed by atoms with E-state index in [4.69, 9.17) is 66.3 Å². The van der Waals surface area contributed by atoms with Crippen molar-refractivity contribution in [2.45, 2.75) is 139 Å². The molecule has 0 aromatic heterocycles. The predicted octanol–water partition coefficient (Wildman–Crippen LogP) is 11.9. The van der Waals surface area contributed by atoms with E-state index in [-0.39, 0.29) is 52.9 Å². The summed E-state index contributed by atoms with van der Waals surface area (Å²) in [6, 6.07) is 80.4. The van der Waals surface area contributed by atoms with Crippen molar-refractivity contribution in [2.75, 3.05) is 19.8 Å². The fraction of sp³-hybridized carbons (Fsp3) is 0.342. The molecule has 14 atom stereocenters. The lowest BCUT2D eigenvalue weighted by atomic mass is 9.95. The predicted molar refractivity (Wildman–Crippen MR) is 324 cm³/mol. The maximum absolute atomic E-state index is 7.72. The molecular formula is C73H76O14. The van der Waals surface area contributed by atoms with Crippen LogP contribution in [0.1, 0.15) is 44.5 Å². The van der Waals surface area contributed by atoms with Crippen molar-refractivity contribution in [2.24, 2.45) is 0 Å². The first-order chi connectivity index (χ1) is 43.1. The van der Waals surface area contributed by atoms with Gasteiger partial charge in [0.2, 0.25) is 0 Å². The zero-order valence-corrected chi connectivity index (χ0v) is 48.7. The Hall–Kier alpha value is -6.80. The SMILES string of the molecule is c1ccc(COC[C@H]2O[C@@H](O[C@H]3[C@H](OCc4ccccc4)[C@@H](OCc4ccccc4)[C@H](O[C@H]4[C@@H](OCc5ccccc5)[C@@H]5OC[C@H]4O5)O[C@@H]3COCc3ccccc3)[C@H](OCc3ccccc3)[C@@H](OCc3ccccc3)[C@H]2OCc2ccccc2)cc1. The van der Waals surface area contributed by atoms with Gasteiger partial charge < -0.3 is 66.3 Å². The molecule has 8 aromatic rings. The van der Waals surface area contributed by atoms with Crippen molar-refractivity contribution in [3.05, 3.63) is 287 Å². The highest BCUT2D eigenvalue weighted by atomic mass is 16.8. The van der Waals surface area contributed by atoms with E-state index in [9.17, 15) is 0 Å². The largest absolute Gasteiger partial charge is 0.374 e. The Balaban J connectivity index is 0.942. The Morgan fingerprint density at radius 2 is 0.540 bits per heavy atom. The second kappa shape index (κ2) is 31.4. The number of ether oxygens (including phenoxy) is 14. The third kappa shape index (κ3) is 16.7. The minimum Gasteiger partial charge on any atom is -0.374 e. The smallest absolute Gasteiger partial charge is 0.187 e. The van der Waals surface area contributed by atoms with Gasteiger partial charge in [-0.3, -0.25) is 0 Å². The van der Waals surface area contributed by atoms with Crippen molar-refractivity contribution in [1.82, 2.24) is 0 Å². The topological polar surface area (TPSA) is 129 Å². The van der Waals surface area contributed by atoms with Gasteiger partial charge in [0.05, 0.1) is 72.7 Å². The van der Waals surface area contributed by atoms with Crippen LogP contribution in [0.25, 0.3) is 0 Å². The van der Waals surface area contributed by atoms with Gasteiger partial charge in [-0.2, -0.15) is 0 Å². The van der Waals surface area contributed by atoms with E-state index in [1.165, 1.54) is 0 Å². The van der Waals surface area contributed by atoms with E-state index in [0.29, 0.717) is 19.8 Å². The summed E-state index contributed by atoms with van der Waals surface area (Å²) in [5.41, 5.74) is 7.78. The van der Waals surface area contributed by atoms with Crippen LogP contribution in [-0.4, -0.2) is 106 Å². The molecule has 452 valence electrons. The molecule has 14 nitrogen and oxygen atoms in total. The van der Waals surface area contributed by atoms with Crippen LogP contribution in [0.4, 0.5) is 0 Å². The molecule has 4 aliphatic rings. The van der Waals surface area contributed by atoms with E-state index in [1.54, 1.807) is 0 Å². The van der Waals surface area contributed by atoms with Crippen LogP contribution < -0.4 is 0 Å². The highest BCUT2D eigenvalue weighted by Gasteiger charge is 2.58. The molecule has 2 bridgehead atoms. The van der Waals surface area contributed by atoms with Crippen LogP contribution in [0.3, 0.4) is 0 Å². The molecule has 14 heteroatoms. The fourth-order valence-corrected chi connectivity index (χ4v) is 11.5. The third-order valence-corrected chi connectivity index (χ3v) is 16.0. The third-order valence-electron chi connectivity index (χ3n) is 16.0. The monoisotopic (exact) mass is 1180 g/mol. The molecule has 0 saturated carbocycles. The van der Waals surface area contributed by atoms with Crippen molar-refractivity contribution in [1.29, 1.82) is 0 Å². The van der Waals surface area contributed by atoms with E-state index >= 15 is 0 Å². The van der Waals surface area contributed by atoms with Gasteiger partial charge in [0.15, 0.2) is 18.9 Å². The zero-order chi connectivity index (χ0) is 58.7. The van der Waals surface area contributed by atoms with Gasteiger partial charge in [-0.05, 0) is 44.5 Å². The Labute approximate surface area is 510 Å². The second-order valence-electron chi connectivity index (χ2n) is 22.2. The molecule has 4 saturated heterocycles. The van der Waals surface area contributed by atoms with Crippen LogP contribution in [0.2, 0.25) is 0 Å². The van der Waals surface area contributed by atoms with E-state index < -0.39 is 86.0 Å². The van der Waals surface area contributed by atoms with Gasteiger partial charge in [-0.15, -0.1) is 0 Å². The van der Waals surface area contributed by atoms with E-state index in [2.05, 4.69) is 0 Å². The van der Waals surface area contributed by atoms with Gasteiger partial charge in [0.25, 0.3) is 0 Å². The molecule has 0 unspecified atom stereocenters. The molecule has 4 heterocycles. The average Bonchev–Trinajstić information content (AvgIpc) is 2.21. The van der Waals surface area contributed by atoms with Crippen LogP contribution in [-0.2, 0) is 119 Å². The molecule has 4 aliphatic heterocycles. The highest BCUT2D eigenvalue weighted by molar-refractivity contribution is 5.20. The van der Waals surface area contributed by atoms with Gasteiger partial charge in [-0.25, -0.2) is 0 Å². The molecule has 0 N–H and O–H groups in total. The van der Waals surface area contributed by atoms with Gasteiger partial charge >= 0.3 is 0 Å². The standard InChI is InChI=1S/C73H76O14/c1-9-25-52(26-10-1)41-74-49-60-63(76-43-54-29-13-3-14-30-54)66(77-44-55-31-15-4-16-32-55)69(80-47-58-37-21-7-22-38-58)72(84-60)86-64-61(50-75-42-53-27-11-2-12-28-53)85-73(87-65-62-51-82-71(83-62)68(65)79-46-57-35-19-6-20-36-57)70(81-48-59-39-23-8-24-40-59)67(64)78-45-56-33-17-5-18-34-56/h1-40,60-73H,41-51H2/t60-,61-,62-,63+,64-,65-,66+,67+,68-,69-,70-,71-,72+,73+/m1/s1. The highest BCUT2D eigenvalue weighted by Crippen LogP contribution is 2.40. The second-order valence-corrected chi connectivity index (χ2v) is 22.2. The summed E-state index contributed by atoms with van der Waals surface area (Å²) in [6.45, 7) is 2.47. The van der Waals surface area contributed by atoms with E-state index in [1.807, 2.05) is 243 Å². The number of rotatable bonds is 30. The first-order valence-electron chi connectivity index (χ1n) is 30.2. The van der Waals surface area contributed by atoms with Crippen LogP contribution >= 0.6 is 0 Å². The molecule has 0 radical (unpaired) electrons. The lowest BCUT2D eigenvalue weighted by molar-refractivity contribution is -0.383. The summed E-state index contributed by atoms with van der Waals surface area (Å²) in [7, 11) is 0. The number of fused-ring (bicyclic) bond motifs is 2. The maximum atomic E-state index is 7.72. The van der Waals surface area contributed by atoms with Crippen LogP contribution in [0, 0.1) is 0 Å². The Kier molecular flexibility index (Phi) is 21.8. The molecule has 12 rings (SSSR count). The quantitative estimate of drug-likeness (QED) is 0.0423. The Bertz CT molecular complexity index is 3190. The minimum atomic E-state index is -1.16. The average molecular weight is 1180 g/mol. The van der Waals surface area contributed by atoms with Gasteiger partial charge in [0.1, 0.15) is 67.1 Å². The summed E-state index contributed by atoms with van der Waals surface area (Å²) >= 11 is 0. The zero-order valence-electron chi connectivity index (χ0n) is 48.7. The molecule has 0 spiro atoms. The fourth-order valence-electron chi connectivity index (χ4n) is 11.5. The minimum absolute atomic E-state index is 0.0446. The molecule has 8 aromatic carbocycles. The molecule has 0 amide bonds.